The van der Waals surface area contributed by atoms with Gasteiger partial charge >= 0.3 is 0 Å². The van der Waals surface area contributed by atoms with Gasteiger partial charge < -0.3 is 10.2 Å². The van der Waals surface area contributed by atoms with Crippen molar-refractivity contribution in [2.75, 3.05) is 14.1 Å². The average Bonchev–Trinajstić information content (AvgIpc) is 2.44. The molecule has 22 heavy (non-hydrogen) atoms. The number of amides is 1. The Labute approximate surface area is 138 Å². The zero-order chi connectivity index (χ0) is 16.1. The van der Waals surface area contributed by atoms with E-state index in [4.69, 9.17) is 0 Å². The number of nitrogens with one attached hydrogen (secondary N) is 1. The quantitative estimate of drug-likeness (QED) is 0.879. The average molecular weight is 365 g/mol. The van der Waals surface area contributed by atoms with Crippen LogP contribution in [-0.2, 0) is 13.1 Å². The molecule has 116 valence electrons. The minimum atomic E-state index is -0.437. The lowest BCUT2D eigenvalue weighted by Gasteiger charge is -2.10. The number of carbonyl (C=O) groups excluding carboxylic acids is 1. The topological polar surface area (TPSA) is 32.3 Å². The van der Waals surface area contributed by atoms with Gasteiger partial charge in [-0.25, -0.2) is 4.39 Å². The van der Waals surface area contributed by atoms with Crippen LogP contribution in [0.4, 0.5) is 4.39 Å². The highest BCUT2D eigenvalue weighted by molar-refractivity contribution is 9.10. The number of hydrogen-bond acceptors (Lipinski definition) is 2. The van der Waals surface area contributed by atoms with Crippen molar-refractivity contribution < 1.29 is 9.18 Å². The Kier molecular flexibility index (Phi) is 5.69. The molecule has 0 fully saturated rings. The van der Waals surface area contributed by atoms with Crippen molar-refractivity contribution in [1.82, 2.24) is 10.2 Å². The van der Waals surface area contributed by atoms with Gasteiger partial charge in [0.15, 0.2) is 0 Å². The van der Waals surface area contributed by atoms with E-state index in [1.165, 1.54) is 17.7 Å². The van der Waals surface area contributed by atoms with Crippen LogP contribution in [0.3, 0.4) is 0 Å². The van der Waals surface area contributed by atoms with E-state index in [9.17, 15) is 9.18 Å². The first-order valence-corrected chi connectivity index (χ1v) is 7.70. The van der Waals surface area contributed by atoms with E-state index in [0.717, 1.165) is 12.1 Å². The van der Waals surface area contributed by atoms with Crippen molar-refractivity contribution in [2.45, 2.75) is 13.1 Å². The third-order valence-corrected chi connectivity index (χ3v) is 3.56. The summed E-state index contributed by atoms with van der Waals surface area (Å²) >= 11 is 3.18. The van der Waals surface area contributed by atoms with Crippen LogP contribution in [0.1, 0.15) is 21.5 Å². The molecule has 0 aliphatic carbocycles. The summed E-state index contributed by atoms with van der Waals surface area (Å²) in [6.45, 7) is 1.29. The SMILES string of the molecule is CN(C)Cc1ccc(CNC(=O)c2cc(F)cc(Br)c2)cc1. The van der Waals surface area contributed by atoms with Crippen molar-refractivity contribution in [2.24, 2.45) is 0 Å². The molecule has 0 saturated carbocycles. The molecule has 5 heteroatoms. The van der Waals surface area contributed by atoms with E-state index in [-0.39, 0.29) is 5.91 Å². The second kappa shape index (κ2) is 7.51. The summed E-state index contributed by atoms with van der Waals surface area (Å²) in [6, 6.07) is 12.2. The molecule has 1 N–H and O–H groups in total. The van der Waals surface area contributed by atoms with Crippen molar-refractivity contribution >= 4 is 21.8 Å². The third kappa shape index (κ3) is 4.93. The Morgan fingerprint density at radius 2 is 1.77 bits per heavy atom. The Hall–Kier alpha value is -1.72. The molecule has 2 aromatic rings. The van der Waals surface area contributed by atoms with Crippen LogP contribution in [0.15, 0.2) is 46.9 Å². The molecule has 0 aliphatic heterocycles. The van der Waals surface area contributed by atoms with Gasteiger partial charge in [0.05, 0.1) is 0 Å². The summed E-state index contributed by atoms with van der Waals surface area (Å²) in [5, 5.41) is 2.79. The van der Waals surface area contributed by atoms with E-state index in [1.807, 2.05) is 38.4 Å². The number of rotatable bonds is 5. The molecule has 0 spiro atoms. The molecule has 0 aromatic heterocycles. The largest absolute Gasteiger partial charge is 0.348 e. The molecular formula is C17H18BrFN2O. The predicted molar refractivity (Wildman–Crippen MR) is 89.1 cm³/mol. The van der Waals surface area contributed by atoms with Crippen LogP contribution in [0, 0.1) is 5.82 Å². The fourth-order valence-electron chi connectivity index (χ4n) is 2.10. The highest BCUT2D eigenvalue weighted by atomic mass is 79.9. The molecule has 0 bridgehead atoms. The zero-order valence-electron chi connectivity index (χ0n) is 12.6. The molecule has 0 unspecified atom stereocenters. The van der Waals surface area contributed by atoms with E-state index in [1.54, 1.807) is 6.07 Å². The molecule has 0 heterocycles. The fourth-order valence-corrected chi connectivity index (χ4v) is 2.56. The minimum Gasteiger partial charge on any atom is -0.348 e. The summed E-state index contributed by atoms with van der Waals surface area (Å²) in [5.41, 5.74) is 2.52. The summed E-state index contributed by atoms with van der Waals surface area (Å²) in [6.07, 6.45) is 0. The first-order chi connectivity index (χ1) is 10.4. The van der Waals surface area contributed by atoms with Crippen molar-refractivity contribution in [3.8, 4) is 0 Å². The predicted octanol–water partition coefficient (Wildman–Crippen LogP) is 3.58. The molecule has 2 aromatic carbocycles. The maximum atomic E-state index is 13.3. The monoisotopic (exact) mass is 364 g/mol. The van der Waals surface area contributed by atoms with Gasteiger partial charge in [-0.2, -0.15) is 0 Å². The van der Waals surface area contributed by atoms with E-state index < -0.39 is 5.82 Å². The van der Waals surface area contributed by atoms with E-state index >= 15 is 0 Å². The number of halogens is 2. The Morgan fingerprint density at radius 1 is 1.14 bits per heavy atom. The number of nitrogens with zero attached hydrogens (tertiary/aromatic N) is 1. The lowest BCUT2D eigenvalue weighted by atomic mass is 10.1. The number of benzene rings is 2. The van der Waals surface area contributed by atoms with Gasteiger partial charge in [0.25, 0.3) is 5.91 Å². The summed E-state index contributed by atoms with van der Waals surface area (Å²) in [5.74, 6) is -0.731. The van der Waals surface area contributed by atoms with Crippen molar-refractivity contribution in [1.29, 1.82) is 0 Å². The summed E-state index contributed by atoms with van der Waals surface area (Å²) in [4.78, 5) is 14.1. The van der Waals surface area contributed by atoms with Crippen molar-refractivity contribution in [3.63, 3.8) is 0 Å². The normalized spacial score (nSPS) is 10.8. The van der Waals surface area contributed by atoms with Crippen LogP contribution < -0.4 is 5.32 Å². The molecule has 3 nitrogen and oxygen atoms in total. The lowest BCUT2D eigenvalue weighted by Crippen LogP contribution is -2.23. The fraction of sp³-hybridized carbons (Fsp3) is 0.235. The molecule has 0 saturated heterocycles. The molecule has 0 radical (unpaired) electrons. The first kappa shape index (κ1) is 16.6. The smallest absolute Gasteiger partial charge is 0.251 e. The Balaban J connectivity index is 1.96. The molecule has 0 aliphatic rings. The van der Waals surface area contributed by atoms with Crippen LogP contribution in [0.5, 0.6) is 0 Å². The highest BCUT2D eigenvalue weighted by Gasteiger charge is 2.08. The van der Waals surface area contributed by atoms with E-state index in [2.05, 4.69) is 26.1 Å². The van der Waals surface area contributed by atoms with Gasteiger partial charge in [-0.05, 0) is 43.4 Å². The standard InChI is InChI=1S/C17H18BrFN2O/c1-21(2)11-13-5-3-12(4-6-13)10-20-17(22)14-7-15(18)9-16(19)8-14/h3-9H,10-11H2,1-2H3,(H,20,22). The highest BCUT2D eigenvalue weighted by Crippen LogP contribution is 2.15. The van der Waals surface area contributed by atoms with Crippen LogP contribution >= 0.6 is 15.9 Å². The van der Waals surface area contributed by atoms with Crippen LogP contribution in [0.2, 0.25) is 0 Å². The molecular weight excluding hydrogens is 347 g/mol. The first-order valence-electron chi connectivity index (χ1n) is 6.91. The zero-order valence-corrected chi connectivity index (χ0v) is 14.2. The van der Waals surface area contributed by atoms with Crippen LogP contribution in [-0.4, -0.2) is 24.9 Å². The van der Waals surface area contributed by atoms with Gasteiger partial charge in [-0.1, -0.05) is 40.2 Å². The van der Waals surface area contributed by atoms with Gasteiger partial charge in [0.2, 0.25) is 0 Å². The van der Waals surface area contributed by atoms with Gasteiger partial charge in [0, 0.05) is 23.1 Å². The van der Waals surface area contributed by atoms with Gasteiger partial charge in [-0.3, -0.25) is 4.79 Å². The summed E-state index contributed by atoms with van der Waals surface area (Å²) < 4.78 is 13.8. The molecule has 2 rings (SSSR count). The Bertz CT molecular complexity index is 636. The molecule has 0 atom stereocenters. The maximum Gasteiger partial charge on any atom is 0.251 e. The van der Waals surface area contributed by atoms with Crippen molar-refractivity contribution in [3.05, 3.63) is 69.4 Å². The van der Waals surface area contributed by atoms with Crippen LogP contribution in [0.25, 0.3) is 0 Å². The lowest BCUT2D eigenvalue weighted by molar-refractivity contribution is 0.0950. The van der Waals surface area contributed by atoms with Gasteiger partial charge in [0.1, 0.15) is 5.82 Å². The van der Waals surface area contributed by atoms with Gasteiger partial charge in [-0.15, -0.1) is 0 Å². The molecule has 1 amide bonds. The second-order valence-corrected chi connectivity index (χ2v) is 6.31. The number of hydrogen-bond donors (Lipinski definition) is 1. The number of carbonyl (C=O) groups is 1. The minimum absolute atomic E-state index is 0.294. The second-order valence-electron chi connectivity index (χ2n) is 5.40. The third-order valence-electron chi connectivity index (χ3n) is 3.10. The summed E-state index contributed by atoms with van der Waals surface area (Å²) in [7, 11) is 4.04. The Morgan fingerprint density at radius 3 is 2.36 bits per heavy atom. The van der Waals surface area contributed by atoms with E-state index in [0.29, 0.717) is 16.6 Å². The maximum absolute atomic E-state index is 13.3.